The first kappa shape index (κ1) is 28.5. The van der Waals surface area contributed by atoms with Crippen LogP contribution in [0.3, 0.4) is 0 Å². The highest BCUT2D eigenvalue weighted by Gasteiger charge is 2.54. The number of rotatable bonds is 6. The van der Waals surface area contributed by atoms with Crippen LogP contribution < -0.4 is 15.2 Å². The molecule has 1 unspecified atom stereocenters. The third-order valence-electron chi connectivity index (χ3n) is 6.74. The molecule has 0 spiro atoms. The predicted octanol–water partition coefficient (Wildman–Crippen LogP) is 6.50. The second kappa shape index (κ2) is 10.3. The molecule has 1 aliphatic heterocycles. The Morgan fingerprint density at radius 3 is 2.38 bits per heavy atom. The number of dihydropyridines is 1. The molecular weight excluding hydrogens is 555 g/mol. The van der Waals surface area contributed by atoms with Crippen LogP contribution in [0.25, 0.3) is 5.57 Å². The molecule has 12 heteroatoms. The van der Waals surface area contributed by atoms with E-state index in [1.165, 1.54) is 12.1 Å². The van der Waals surface area contributed by atoms with Crippen LogP contribution in [0.4, 0.5) is 30.7 Å². The molecule has 1 aliphatic carbocycles. The van der Waals surface area contributed by atoms with Gasteiger partial charge in [-0.3, -0.25) is 0 Å². The summed E-state index contributed by atoms with van der Waals surface area (Å²) in [6.07, 6.45) is -6.93. The average Bonchev–Trinajstić information content (AvgIpc) is 3.32. The van der Waals surface area contributed by atoms with Gasteiger partial charge in [0.15, 0.2) is 5.54 Å². The summed E-state index contributed by atoms with van der Waals surface area (Å²) >= 11 is 5.76. The van der Waals surface area contributed by atoms with Gasteiger partial charge in [-0.15, -0.1) is 0 Å². The van der Waals surface area contributed by atoms with Crippen molar-refractivity contribution >= 4 is 23.1 Å². The van der Waals surface area contributed by atoms with Crippen LogP contribution in [0.1, 0.15) is 42.9 Å². The number of benzene rings is 2. The molecular formula is C27H20ClF7NO3-. The number of alkyl halides is 6. The SMILES string of the molecule is CC1(C(F)(F)F)NC=C(C2=C(c3cc(C(F)(F)F)ccc3OCc3ccc(Cl)cc3F)CCC2)C=C1C(=O)[O-]. The first-order chi connectivity index (χ1) is 18.1. The Labute approximate surface area is 223 Å². The summed E-state index contributed by atoms with van der Waals surface area (Å²) < 4.78 is 102. The second-order valence-electron chi connectivity index (χ2n) is 9.26. The van der Waals surface area contributed by atoms with Gasteiger partial charge >= 0.3 is 12.4 Å². The van der Waals surface area contributed by atoms with Crippen molar-refractivity contribution in [2.45, 2.75) is 50.7 Å². The molecule has 4 rings (SSSR count). The summed E-state index contributed by atoms with van der Waals surface area (Å²) in [5.74, 6) is -2.73. The van der Waals surface area contributed by atoms with Crippen LogP contribution in [0.15, 0.2) is 65.4 Å². The second-order valence-corrected chi connectivity index (χ2v) is 9.69. The summed E-state index contributed by atoms with van der Waals surface area (Å²) in [7, 11) is 0. The number of carboxylic acid groups (broad SMARTS) is 1. The van der Waals surface area contributed by atoms with Gasteiger partial charge in [0.25, 0.3) is 0 Å². The minimum Gasteiger partial charge on any atom is -0.545 e. The summed E-state index contributed by atoms with van der Waals surface area (Å²) in [5, 5.41) is 13.9. The molecule has 2 aromatic carbocycles. The van der Waals surface area contributed by atoms with E-state index in [2.05, 4.69) is 5.32 Å². The van der Waals surface area contributed by atoms with Crippen LogP contribution in [-0.2, 0) is 17.6 Å². The number of allylic oxidation sites excluding steroid dienone is 4. The van der Waals surface area contributed by atoms with Gasteiger partial charge in [-0.05, 0) is 79.3 Å². The van der Waals surface area contributed by atoms with E-state index in [0.29, 0.717) is 24.5 Å². The van der Waals surface area contributed by atoms with Gasteiger partial charge in [0, 0.05) is 27.9 Å². The number of aliphatic carboxylic acids is 1. The molecule has 1 N–H and O–H groups in total. The van der Waals surface area contributed by atoms with Crippen molar-refractivity contribution < 1.29 is 45.4 Å². The number of halogens is 8. The Morgan fingerprint density at radius 1 is 1.08 bits per heavy atom. The Morgan fingerprint density at radius 2 is 1.77 bits per heavy atom. The molecule has 39 heavy (non-hydrogen) atoms. The van der Waals surface area contributed by atoms with Gasteiger partial charge < -0.3 is 20.0 Å². The van der Waals surface area contributed by atoms with Crippen LogP contribution >= 0.6 is 11.6 Å². The van der Waals surface area contributed by atoms with E-state index in [1.54, 1.807) is 0 Å². The Balaban J connectivity index is 1.79. The minimum atomic E-state index is -4.98. The maximum atomic E-state index is 14.3. The first-order valence-electron chi connectivity index (χ1n) is 11.6. The van der Waals surface area contributed by atoms with Crippen LogP contribution in [0.5, 0.6) is 5.75 Å². The molecule has 0 amide bonds. The van der Waals surface area contributed by atoms with Crippen molar-refractivity contribution in [2.24, 2.45) is 0 Å². The number of hydrogen-bond donors (Lipinski definition) is 1. The topological polar surface area (TPSA) is 61.4 Å². The molecule has 0 fully saturated rings. The fourth-order valence-corrected chi connectivity index (χ4v) is 4.69. The smallest absolute Gasteiger partial charge is 0.416 e. The van der Waals surface area contributed by atoms with Crippen molar-refractivity contribution in [2.75, 3.05) is 0 Å². The molecule has 0 radical (unpaired) electrons. The van der Waals surface area contributed by atoms with E-state index >= 15 is 0 Å². The Bertz CT molecular complexity index is 1410. The summed E-state index contributed by atoms with van der Waals surface area (Å²) in [6.45, 7) is 0.313. The zero-order valence-electron chi connectivity index (χ0n) is 20.2. The minimum absolute atomic E-state index is 0.0136. The summed E-state index contributed by atoms with van der Waals surface area (Å²) in [6, 6.07) is 6.59. The number of carbonyl (C=O) groups is 1. The lowest BCUT2D eigenvalue weighted by Crippen LogP contribution is -2.58. The molecule has 208 valence electrons. The summed E-state index contributed by atoms with van der Waals surface area (Å²) in [5.41, 5.74) is -4.12. The Kier molecular flexibility index (Phi) is 7.50. The molecule has 1 atom stereocenters. The van der Waals surface area contributed by atoms with Gasteiger partial charge in [-0.25, -0.2) is 4.39 Å². The van der Waals surface area contributed by atoms with Gasteiger partial charge in [-0.1, -0.05) is 17.7 Å². The van der Waals surface area contributed by atoms with E-state index in [0.717, 1.165) is 36.5 Å². The van der Waals surface area contributed by atoms with E-state index in [1.807, 2.05) is 0 Å². The third-order valence-corrected chi connectivity index (χ3v) is 6.97. The molecule has 0 saturated carbocycles. The van der Waals surface area contributed by atoms with Gasteiger partial charge in [0.05, 0.1) is 11.5 Å². The molecule has 0 bridgehead atoms. The monoisotopic (exact) mass is 574 g/mol. The van der Waals surface area contributed by atoms with Gasteiger partial charge in [0.1, 0.15) is 18.2 Å². The Hall–Kier alpha value is -3.47. The van der Waals surface area contributed by atoms with Crippen molar-refractivity contribution in [1.29, 1.82) is 0 Å². The van der Waals surface area contributed by atoms with E-state index in [9.17, 15) is 40.6 Å². The number of carboxylic acids is 1. The van der Waals surface area contributed by atoms with Crippen molar-refractivity contribution in [1.82, 2.24) is 5.32 Å². The molecule has 4 nitrogen and oxygen atoms in total. The highest BCUT2D eigenvalue weighted by atomic mass is 35.5. The van der Waals surface area contributed by atoms with Crippen molar-refractivity contribution in [3.8, 4) is 5.75 Å². The maximum absolute atomic E-state index is 14.3. The first-order valence-corrected chi connectivity index (χ1v) is 12.0. The van der Waals surface area contributed by atoms with Crippen LogP contribution in [0, 0.1) is 5.82 Å². The zero-order valence-corrected chi connectivity index (χ0v) is 21.0. The van der Waals surface area contributed by atoms with Crippen molar-refractivity contribution in [3.05, 3.63) is 92.9 Å². The number of nitrogens with one attached hydrogen (secondary N) is 1. The van der Waals surface area contributed by atoms with E-state index in [4.69, 9.17) is 16.3 Å². The summed E-state index contributed by atoms with van der Waals surface area (Å²) in [4.78, 5) is 11.7. The van der Waals surface area contributed by atoms with Crippen molar-refractivity contribution in [3.63, 3.8) is 0 Å². The molecule has 0 aromatic heterocycles. The normalized spacial score (nSPS) is 19.9. The fourth-order valence-electron chi connectivity index (χ4n) is 4.53. The molecule has 2 aliphatic rings. The molecule has 0 saturated heterocycles. The lowest BCUT2D eigenvalue weighted by atomic mass is 9.84. The number of hydrogen-bond acceptors (Lipinski definition) is 4. The van der Waals surface area contributed by atoms with E-state index < -0.39 is 40.8 Å². The molecule has 1 heterocycles. The largest absolute Gasteiger partial charge is 0.545 e. The standard InChI is InChI=1S/C27H21ClF7NO3/c1-25(27(33,34)35)21(24(37)38)9-15(12-36-25)18-3-2-4-19(18)20-10-16(26(30,31)32)6-8-23(20)39-13-14-5-7-17(28)11-22(14)29/h5-12,36H,2-4,13H2,1H3,(H,37,38)/p-1. The lowest BCUT2D eigenvalue weighted by molar-refractivity contribution is -0.302. The predicted molar refractivity (Wildman–Crippen MR) is 127 cm³/mol. The fraction of sp³-hybridized carbons (Fsp3) is 0.296. The van der Waals surface area contributed by atoms with Crippen LogP contribution in [-0.4, -0.2) is 17.7 Å². The highest BCUT2D eigenvalue weighted by Crippen LogP contribution is 2.46. The molecule has 2 aromatic rings. The highest BCUT2D eigenvalue weighted by molar-refractivity contribution is 6.30. The number of ether oxygens (including phenoxy) is 1. The van der Waals surface area contributed by atoms with E-state index in [-0.39, 0.29) is 46.9 Å². The third kappa shape index (κ3) is 5.63. The quantitative estimate of drug-likeness (QED) is 0.400. The van der Waals surface area contributed by atoms with Gasteiger partial charge in [-0.2, -0.15) is 26.3 Å². The lowest BCUT2D eigenvalue weighted by Gasteiger charge is -2.38. The van der Waals surface area contributed by atoms with Gasteiger partial charge in [0.2, 0.25) is 0 Å². The maximum Gasteiger partial charge on any atom is 0.416 e. The average molecular weight is 575 g/mol. The van der Waals surface area contributed by atoms with Crippen LogP contribution in [0.2, 0.25) is 5.02 Å². The number of carbonyl (C=O) groups excluding carboxylic acids is 1. The zero-order chi connectivity index (χ0) is 28.8.